The van der Waals surface area contributed by atoms with Gasteiger partial charge in [-0.2, -0.15) is 0 Å². The number of amides is 1. The maximum absolute atomic E-state index is 12.5. The SMILES string of the molecule is N[C@@H]1CCCN(C2CC=Nc3[nH]cc(NC(=O)c4cccnc4)c32)C1. The summed E-state index contributed by atoms with van der Waals surface area (Å²) in [6.45, 7) is 1.89. The van der Waals surface area contributed by atoms with Crippen LogP contribution in [0.2, 0.25) is 0 Å². The highest BCUT2D eigenvalue weighted by Crippen LogP contribution is 2.40. The largest absolute Gasteiger partial charge is 0.344 e. The lowest BCUT2D eigenvalue weighted by atomic mass is 9.96. The summed E-state index contributed by atoms with van der Waals surface area (Å²) in [4.78, 5) is 26.5. The van der Waals surface area contributed by atoms with Crippen molar-refractivity contribution in [2.24, 2.45) is 10.7 Å². The Morgan fingerprint density at radius 3 is 3.16 bits per heavy atom. The zero-order chi connectivity index (χ0) is 17.2. The number of carbonyl (C=O) groups excluding carboxylic acids is 1. The van der Waals surface area contributed by atoms with Gasteiger partial charge >= 0.3 is 0 Å². The number of aliphatic imine (C=N–C) groups is 1. The number of fused-ring (bicyclic) bond motifs is 1. The first kappa shape index (κ1) is 16.0. The molecular weight excluding hydrogens is 316 g/mol. The molecule has 25 heavy (non-hydrogen) atoms. The average molecular weight is 338 g/mol. The monoisotopic (exact) mass is 338 g/mol. The third-order valence-electron chi connectivity index (χ3n) is 4.88. The number of H-pyrrole nitrogens is 1. The molecule has 4 rings (SSSR count). The summed E-state index contributed by atoms with van der Waals surface area (Å²) in [5.74, 6) is 0.649. The van der Waals surface area contributed by atoms with Crippen molar-refractivity contribution in [3.05, 3.63) is 41.9 Å². The Balaban J connectivity index is 1.60. The fraction of sp³-hybridized carbons (Fsp3) is 0.389. The van der Waals surface area contributed by atoms with Gasteiger partial charge in [0.25, 0.3) is 5.91 Å². The second-order valence-electron chi connectivity index (χ2n) is 6.62. The van der Waals surface area contributed by atoms with Gasteiger partial charge in [0.2, 0.25) is 0 Å². The normalized spacial score (nSPS) is 23.2. The minimum Gasteiger partial charge on any atom is -0.344 e. The topological polar surface area (TPSA) is 99.4 Å². The molecule has 2 aromatic heterocycles. The van der Waals surface area contributed by atoms with Crippen molar-refractivity contribution in [3.8, 4) is 0 Å². The molecule has 0 spiro atoms. The lowest BCUT2D eigenvalue weighted by Crippen LogP contribution is -2.44. The number of nitrogens with one attached hydrogen (secondary N) is 2. The van der Waals surface area contributed by atoms with E-state index in [1.54, 1.807) is 24.5 Å². The number of hydrogen-bond donors (Lipinski definition) is 3. The molecule has 4 N–H and O–H groups in total. The van der Waals surface area contributed by atoms with Gasteiger partial charge in [0.05, 0.1) is 11.3 Å². The van der Waals surface area contributed by atoms with Crippen LogP contribution in [0.5, 0.6) is 0 Å². The zero-order valence-corrected chi connectivity index (χ0v) is 14.0. The highest BCUT2D eigenvalue weighted by Gasteiger charge is 2.31. The molecular formula is C18H22N6O. The van der Waals surface area contributed by atoms with Gasteiger partial charge in [-0.1, -0.05) is 0 Å². The molecule has 7 nitrogen and oxygen atoms in total. The molecule has 2 aliphatic rings. The fourth-order valence-electron chi connectivity index (χ4n) is 3.68. The summed E-state index contributed by atoms with van der Waals surface area (Å²) in [5.41, 5.74) is 8.53. The van der Waals surface area contributed by atoms with Crippen LogP contribution in [0, 0.1) is 0 Å². The van der Waals surface area contributed by atoms with Crippen LogP contribution in [-0.4, -0.2) is 46.1 Å². The quantitative estimate of drug-likeness (QED) is 0.799. The number of pyridine rings is 1. The van der Waals surface area contributed by atoms with Crippen molar-refractivity contribution in [1.82, 2.24) is 14.9 Å². The minimum atomic E-state index is -0.168. The molecule has 0 radical (unpaired) electrons. The molecule has 1 fully saturated rings. The van der Waals surface area contributed by atoms with Crippen molar-refractivity contribution < 1.29 is 4.79 Å². The Kier molecular flexibility index (Phi) is 4.33. The molecule has 0 aliphatic carbocycles. The molecule has 2 atom stereocenters. The van der Waals surface area contributed by atoms with E-state index in [1.165, 1.54) is 0 Å². The van der Waals surface area contributed by atoms with E-state index in [9.17, 15) is 4.79 Å². The zero-order valence-electron chi connectivity index (χ0n) is 14.0. The number of hydrogen-bond acceptors (Lipinski definition) is 5. The van der Waals surface area contributed by atoms with E-state index in [1.807, 2.05) is 12.4 Å². The maximum Gasteiger partial charge on any atom is 0.257 e. The summed E-state index contributed by atoms with van der Waals surface area (Å²) in [5, 5.41) is 3.00. The molecule has 4 heterocycles. The van der Waals surface area contributed by atoms with E-state index in [4.69, 9.17) is 5.73 Å². The van der Waals surface area contributed by atoms with Gasteiger partial charge in [-0.15, -0.1) is 0 Å². The predicted octanol–water partition coefficient (Wildman–Crippen LogP) is 2.23. The molecule has 7 heteroatoms. The van der Waals surface area contributed by atoms with Crippen LogP contribution in [0.15, 0.2) is 35.7 Å². The Hall–Kier alpha value is -2.51. The van der Waals surface area contributed by atoms with Gasteiger partial charge in [-0.25, -0.2) is 4.99 Å². The predicted molar refractivity (Wildman–Crippen MR) is 97.3 cm³/mol. The van der Waals surface area contributed by atoms with E-state index < -0.39 is 0 Å². The lowest BCUT2D eigenvalue weighted by molar-refractivity contribution is 0.102. The van der Waals surface area contributed by atoms with E-state index >= 15 is 0 Å². The number of aromatic nitrogens is 2. The number of aromatic amines is 1. The van der Waals surface area contributed by atoms with E-state index in [0.717, 1.165) is 49.4 Å². The van der Waals surface area contributed by atoms with E-state index in [-0.39, 0.29) is 18.0 Å². The molecule has 0 bridgehead atoms. The first-order valence-corrected chi connectivity index (χ1v) is 8.67. The van der Waals surface area contributed by atoms with Gasteiger partial charge in [-0.05, 0) is 31.5 Å². The van der Waals surface area contributed by atoms with Crippen LogP contribution >= 0.6 is 0 Å². The number of nitrogens with zero attached hydrogens (tertiary/aromatic N) is 3. The van der Waals surface area contributed by atoms with Crippen LogP contribution < -0.4 is 11.1 Å². The molecule has 2 aliphatic heterocycles. The molecule has 2 aromatic rings. The standard InChI is InChI=1S/C18H22N6O/c19-13-4-2-8-24(11-13)15-5-7-21-17-16(15)14(10-22-17)23-18(25)12-3-1-6-20-9-12/h1,3,6-7,9-10,13,15,22H,2,4-5,8,11,19H2,(H,23,25)/t13-,15?/m1/s1. The summed E-state index contributed by atoms with van der Waals surface area (Å²) in [7, 11) is 0. The minimum absolute atomic E-state index is 0.168. The number of likely N-dealkylation sites (tertiary alicyclic amines) is 1. The highest BCUT2D eigenvalue weighted by atomic mass is 16.1. The average Bonchev–Trinajstić information content (AvgIpc) is 3.05. The van der Waals surface area contributed by atoms with Gasteiger partial charge in [-0.3, -0.25) is 14.7 Å². The van der Waals surface area contributed by atoms with Crippen molar-refractivity contribution in [1.29, 1.82) is 0 Å². The summed E-state index contributed by atoms with van der Waals surface area (Å²) >= 11 is 0. The van der Waals surface area contributed by atoms with Gasteiger partial charge in [0.15, 0.2) is 0 Å². The summed E-state index contributed by atoms with van der Waals surface area (Å²) in [6.07, 6.45) is 9.98. The van der Waals surface area contributed by atoms with Crippen molar-refractivity contribution in [3.63, 3.8) is 0 Å². The molecule has 0 aromatic carbocycles. The molecule has 130 valence electrons. The smallest absolute Gasteiger partial charge is 0.257 e. The van der Waals surface area contributed by atoms with Crippen LogP contribution in [0.4, 0.5) is 11.5 Å². The first-order chi connectivity index (χ1) is 12.2. The fourth-order valence-corrected chi connectivity index (χ4v) is 3.68. The molecule has 0 saturated carbocycles. The molecule has 1 unspecified atom stereocenters. The first-order valence-electron chi connectivity index (χ1n) is 8.67. The second kappa shape index (κ2) is 6.78. The number of carbonyl (C=O) groups is 1. The highest BCUT2D eigenvalue weighted by molar-refractivity contribution is 6.05. The Morgan fingerprint density at radius 1 is 1.44 bits per heavy atom. The van der Waals surface area contributed by atoms with Gasteiger partial charge in [0.1, 0.15) is 5.82 Å². The van der Waals surface area contributed by atoms with Crippen molar-refractivity contribution >= 4 is 23.6 Å². The van der Waals surface area contributed by atoms with Crippen molar-refractivity contribution in [2.75, 3.05) is 18.4 Å². The second-order valence-corrected chi connectivity index (χ2v) is 6.62. The third kappa shape index (κ3) is 3.20. The number of nitrogens with two attached hydrogens (primary N) is 1. The van der Waals surface area contributed by atoms with Gasteiger partial charge < -0.3 is 16.0 Å². The Morgan fingerprint density at radius 2 is 2.36 bits per heavy atom. The molecule has 1 amide bonds. The van der Waals surface area contributed by atoms with Crippen LogP contribution in [0.1, 0.15) is 41.2 Å². The van der Waals surface area contributed by atoms with Gasteiger partial charge in [0, 0.05) is 55.4 Å². The number of piperidine rings is 1. The number of anilines is 1. The van der Waals surface area contributed by atoms with E-state index in [2.05, 4.69) is 25.2 Å². The van der Waals surface area contributed by atoms with Crippen LogP contribution in [0.25, 0.3) is 0 Å². The van der Waals surface area contributed by atoms with Crippen LogP contribution in [-0.2, 0) is 0 Å². The third-order valence-corrected chi connectivity index (χ3v) is 4.88. The maximum atomic E-state index is 12.5. The number of rotatable bonds is 3. The summed E-state index contributed by atoms with van der Waals surface area (Å²) in [6, 6.07) is 3.91. The molecule has 1 saturated heterocycles. The Bertz CT molecular complexity index is 784. The van der Waals surface area contributed by atoms with E-state index in [0.29, 0.717) is 5.56 Å². The summed E-state index contributed by atoms with van der Waals surface area (Å²) < 4.78 is 0. The Labute approximate surface area is 146 Å². The van der Waals surface area contributed by atoms with Crippen molar-refractivity contribution in [2.45, 2.75) is 31.3 Å². The van der Waals surface area contributed by atoms with Crippen LogP contribution in [0.3, 0.4) is 0 Å². The lowest BCUT2D eigenvalue weighted by Gasteiger charge is -2.38.